The van der Waals surface area contributed by atoms with E-state index in [1.165, 1.54) is 12.1 Å². The first kappa shape index (κ1) is 15.9. The smallest absolute Gasteiger partial charge is 0.244 e. The van der Waals surface area contributed by atoms with Crippen LogP contribution in [-0.4, -0.2) is 26.6 Å². The fourth-order valence-corrected chi connectivity index (χ4v) is 3.27. The van der Waals surface area contributed by atoms with E-state index in [0.29, 0.717) is 11.7 Å². The van der Waals surface area contributed by atoms with Crippen molar-refractivity contribution in [2.24, 2.45) is 0 Å². The Morgan fingerprint density at radius 1 is 1.08 bits per heavy atom. The van der Waals surface area contributed by atoms with Crippen LogP contribution in [-0.2, 0) is 6.54 Å². The van der Waals surface area contributed by atoms with Crippen molar-refractivity contribution in [2.75, 3.05) is 6.54 Å². The van der Waals surface area contributed by atoms with E-state index < -0.39 is 0 Å². The Kier molecular flexibility index (Phi) is 4.52. The number of aromatic nitrogens is 3. The quantitative estimate of drug-likeness (QED) is 0.720. The summed E-state index contributed by atoms with van der Waals surface area (Å²) in [7, 11) is 0. The molecule has 0 N–H and O–H groups in total. The fraction of sp³-hybridized carbons (Fsp3) is 0.316. The molecule has 0 saturated carbocycles. The van der Waals surface area contributed by atoms with Crippen molar-refractivity contribution < 1.29 is 8.91 Å². The van der Waals surface area contributed by atoms with Gasteiger partial charge in [-0.25, -0.2) is 4.39 Å². The Hall–Kier alpha value is -2.60. The predicted octanol–water partition coefficient (Wildman–Crippen LogP) is 4.00. The maximum absolute atomic E-state index is 13.1. The first-order chi connectivity index (χ1) is 12.3. The zero-order valence-electron chi connectivity index (χ0n) is 13.8. The van der Waals surface area contributed by atoms with Crippen molar-refractivity contribution in [2.45, 2.75) is 31.8 Å². The summed E-state index contributed by atoms with van der Waals surface area (Å²) >= 11 is 0. The zero-order chi connectivity index (χ0) is 17.1. The Morgan fingerprint density at radius 3 is 2.68 bits per heavy atom. The van der Waals surface area contributed by atoms with E-state index in [1.54, 1.807) is 12.4 Å². The Bertz CT molecular complexity index is 819. The highest BCUT2D eigenvalue weighted by molar-refractivity contribution is 5.52. The van der Waals surface area contributed by atoms with Crippen LogP contribution in [0.5, 0.6) is 0 Å². The molecule has 1 aromatic carbocycles. The van der Waals surface area contributed by atoms with Crippen molar-refractivity contribution in [3.8, 4) is 11.4 Å². The number of hydrogen-bond acceptors (Lipinski definition) is 5. The standard InChI is InChI=1S/C19H19FN4O/c20-16-6-4-14(5-7-16)13-24-12-2-1-3-17(24)19-22-18(23-25-19)15-8-10-21-11-9-15/h4-11,17H,1-3,12-13H2/t17-/m0/s1. The van der Waals surface area contributed by atoms with Crippen LogP contribution in [0, 0.1) is 5.82 Å². The lowest BCUT2D eigenvalue weighted by Crippen LogP contribution is -2.33. The van der Waals surface area contributed by atoms with Crippen LogP contribution in [0.4, 0.5) is 4.39 Å². The Morgan fingerprint density at radius 2 is 1.88 bits per heavy atom. The number of pyridine rings is 1. The van der Waals surface area contributed by atoms with Crippen molar-refractivity contribution in [1.82, 2.24) is 20.0 Å². The minimum Gasteiger partial charge on any atom is -0.337 e. The molecule has 128 valence electrons. The van der Waals surface area contributed by atoms with Crippen LogP contribution in [0.25, 0.3) is 11.4 Å². The van der Waals surface area contributed by atoms with E-state index in [0.717, 1.165) is 43.5 Å². The van der Waals surface area contributed by atoms with Gasteiger partial charge in [-0.05, 0) is 49.2 Å². The van der Waals surface area contributed by atoms with Crippen LogP contribution >= 0.6 is 0 Å². The van der Waals surface area contributed by atoms with E-state index in [-0.39, 0.29) is 11.9 Å². The first-order valence-electron chi connectivity index (χ1n) is 8.52. The number of nitrogens with zero attached hydrogens (tertiary/aromatic N) is 4. The van der Waals surface area contributed by atoms with Gasteiger partial charge in [0.2, 0.25) is 11.7 Å². The highest BCUT2D eigenvalue weighted by Gasteiger charge is 2.29. The second-order valence-electron chi connectivity index (χ2n) is 6.30. The second kappa shape index (κ2) is 7.11. The molecule has 1 fully saturated rings. The van der Waals surface area contributed by atoms with E-state index in [4.69, 9.17) is 4.52 Å². The maximum Gasteiger partial charge on any atom is 0.244 e. The third-order valence-electron chi connectivity index (χ3n) is 4.58. The summed E-state index contributed by atoms with van der Waals surface area (Å²) < 4.78 is 18.7. The average Bonchev–Trinajstić information content (AvgIpc) is 3.15. The Labute approximate surface area is 145 Å². The van der Waals surface area contributed by atoms with Crippen LogP contribution in [0.1, 0.15) is 36.8 Å². The van der Waals surface area contributed by atoms with Gasteiger partial charge in [-0.3, -0.25) is 9.88 Å². The summed E-state index contributed by atoms with van der Waals surface area (Å²) in [6.45, 7) is 1.72. The average molecular weight is 338 g/mol. The van der Waals surface area contributed by atoms with Gasteiger partial charge < -0.3 is 4.52 Å². The minimum absolute atomic E-state index is 0.0990. The van der Waals surface area contributed by atoms with Gasteiger partial charge in [0.25, 0.3) is 0 Å². The molecule has 5 nitrogen and oxygen atoms in total. The molecule has 1 aliphatic heterocycles. The van der Waals surface area contributed by atoms with Crippen LogP contribution in [0.15, 0.2) is 53.3 Å². The minimum atomic E-state index is -0.210. The highest BCUT2D eigenvalue weighted by Crippen LogP contribution is 2.32. The third-order valence-corrected chi connectivity index (χ3v) is 4.58. The molecular formula is C19H19FN4O. The lowest BCUT2D eigenvalue weighted by atomic mass is 10.0. The lowest BCUT2D eigenvalue weighted by Gasteiger charge is -2.33. The molecule has 0 spiro atoms. The van der Waals surface area contributed by atoms with Gasteiger partial charge in [0.1, 0.15) is 5.82 Å². The van der Waals surface area contributed by atoms with Gasteiger partial charge in [0.15, 0.2) is 0 Å². The van der Waals surface area contributed by atoms with Gasteiger partial charge in [-0.2, -0.15) is 4.98 Å². The van der Waals surface area contributed by atoms with Gasteiger partial charge >= 0.3 is 0 Å². The van der Waals surface area contributed by atoms with Gasteiger partial charge in [-0.15, -0.1) is 0 Å². The monoisotopic (exact) mass is 338 g/mol. The summed E-state index contributed by atoms with van der Waals surface area (Å²) in [5.41, 5.74) is 1.98. The highest BCUT2D eigenvalue weighted by atomic mass is 19.1. The summed E-state index contributed by atoms with van der Waals surface area (Å²) in [6.07, 6.45) is 6.69. The number of halogens is 1. The molecule has 25 heavy (non-hydrogen) atoms. The number of likely N-dealkylation sites (tertiary alicyclic amines) is 1. The molecule has 2 aromatic heterocycles. The summed E-state index contributed by atoms with van der Waals surface area (Å²) in [5, 5.41) is 4.12. The first-order valence-corrected chi connectivity index (χ1v) is 8.52. The fourth-order valence-electron chi connectivity index (χ4n) is 3.27. The van der Waals surface area contributed by atoms with E-state index >= 15 is 0 Å². The molecule has 6 heteroatoms. The zero-order valence-corrected chi connectivity index (χ0v) is 13.8. The normalized spacial score (nSPS) is 18.4. The number of rotatable bonds is 4. The predicted molar refractivity (Wildman–Crippen MR) is 90.9 cm³/mol. The number of benzene rings is 1. The van der Waals surface area contributed by atoms with Crippen molar-refractivity contribution in [3.05, 3.63) is 66.1 Å². The Balaban J connectivity index is 1.55. The SMILES string of the molecule is Fc1ccc(CN2CCCC[C@H]2c2nc(-c3ccncc3)no2)cc1. The molecule has 0 amide bonds. The molecule has 0 unspecified atom stereocenters. The molecule has 3 heterocycles. The molecule has 0 bridgehead atoms. The number of hydrogen-bond donors (Lipinski definition) is 0. The van der Waals surface area contributed by atoms with E-state index in [9.17, 15) is 4.39 Å². The topological polar surface area (TPSA) is 55.1 Å². The maximum atomic E-state index is 13.1. The summed E-state index contributed by atoms with van der Waals surface area (Å²) in [5.74, 6) is 1.02. The van der Waals surface area contributed by atoms with Crippen LogP contribution in [0.3, 0.4) is 0 Å². The molecule has 0 radical (unpaired) electrons. The van der Waals surface area contributed by atoms with Gasteiger partial charge in [0.05, 0.1) is 6.04 Å². The summed E-state index contributed by atoms with van der Waals surface area (Å²) in [4.78, 5) is 10.9. The van der Waals surface area contributed by atoms with Crippen molar-refractivity contribution in [3.63, 3.8) is 0 Å². The van der Waals surface area contributed by atoms with Gasteiger partial charge in [-0.1, -0.05) is 23.7 Å². The summed E-state index contributed by atoms with van der Waals surface area (Å²) in [6, 6.07) is 10.5. The second-order valence-corrected chi connectivity index (χ2v) is 6.30. The van der Waals surface area contributed by atoms with E-state index in [1.807, 2.05) is 24.3 Å². The molecule has 1 aliphatic rings. The largest absolute Gasteiger partial charge is 0.337 e. The third kappa shape index (κ3) is 3.58. The molecule has 1 saturated heterocycles. The van der Waals surface area contributed by atoms with E-state index in [2.05, 4.69) is 20.0 Å². The molecule has 0 aliphatic carbocycles. The number of piperidine rings is 1. The molecule has 1 atom stereocenters. The molecule has 4 rings (SSSR count). The van der Waals surface area contributed by atoms with Crippen LogP contribution in [0.2, 0.25) is 0 Å². The van der Waals surface area contributed by atoms with Gasteiger partial charge in [0, 0.05) is 24.5 Å². The van der Waals surface area contributed by atoms with Crippen molar-refractivity contribution in [1.29, 1.82) is 0 Å². The lowest BCUT2D eigenvalue weighted by molar-refractivity contribution is 0.111. The molecular weight excluding hydrogens is 319 g/mol. The van der Waals surface area contributed by atoms with Crippen LogP contribution < -0.4 is 0 Å². The molecule has 3 aromatic rings. The van der Waals surface area contributed by atoms with Crippen molar-refractivity contribution >= 4 is 0 Å².